The summed E-state index contributed by atoms with van der Waals surface area (Å²) in [5.74, 6) is -0.575. The molecule has 2 rings (SSSR count). The number of carbonyl (C=O) groups is 1. The van der Waals surface area contributed by atoms with E-state index in [0.717, 1.165) is 11.1 Å². The van der Waals surface area contributed by atoms with E-state index in [-0.39, 0.29) is 18.8 Å². The van der Waals surface area contributed by atoms with Gasteiger partial charge in [-0.1, -0.05) is 60.2 Å². The Labute approximate surface area is 149 Å². The van der Waals surface area contributed by atoms with E-state index in [1.807, 2.05) is 37.3 Å². The third-order valence-electron chi connectivity index (χ3n) is 3.68. The van der Waals surface area contributed by atoms with Crippen LogP contribution in [0.15, 0.2) is 54.6 Å². The number of hydrogen-bond donors (Lipinski definition) is 1. The smallest absolute Gasteiger partial charge is 0.307 e. The molecule has 1 unspecified atom stereocenters. The topological polar surface area (TPSA) is 72.5 Å². The summed E-state index contributed by atoms with van der Waals surface area (Å²) in [6.07, 6.45) is -0.0507. The molecule has 0 fully saturated rings. The minimum atomic E-state index is -3.61. The lowest BCUT2D eigenvalue weighted by Gasteiger charge is -2.19. The molecule has 5 nitrogen and oxygen atoms in total. The maximum Gasteiger partial charge on any atom is 0.307 e. The third-order valence-corrected chi connectivity index (χ3v) is 5.03. The molecule has 0 heterocycles. The zero-order valence-corrected chi connectivity index (χ0v) is 15.3. The van der Waals surface area contributed by atoms with Gasteiger partial charge in [0.2, 0.25) is 10.0 Å². The molecule has 25 heavy (non-hydrogen) atoms. The fourth-order valence-corrected chi connectivity index (χ4v) is 3.83. The van der Waals surface area contributed by atoms with Crippen molar-refractivity contribution in [1.82, 2.24) is 4.72 Å². The van der Waals surface area contributed by atoms with Gasteiger partial charge >= 0.3 is 5.97 Å². The van der Waals surface area contributed by atoms with Crippen LogP contribution in [0.25, 0.3) is 0 Å². The highest BCUT2D eigenvalue weighted by atomic mass is 32.2. The van der Waals surface area contributed by atoms with Crippen molar-refractivity contribution in [3.8, 4) is 0 Å². The molecule has 0 bridgehead atoms. The second-order valence-corrected chi connectivity index (χ2v) is 7.59. The molecule has 0 saturated carbocycles. The number of ether oxygens (including phenoxy) is 1. The van der Waals surface area contributed by atoms with E-state index < -0.39 is 22.0 Å². The van der Waals surface area contributed by atoms with Crippen molar-refractivity contribution >= 4 is 16.0 Å². The number of sulfonamides is 1. The number of rotatable bonds is 8. The van der Waals surface area contributed by atoms with Gasteiger partial charge in [-0.15, -0.1) is 0 Å². The Hall–Kier alpha value is -2.18. The molecule has 134 valence electrons. The van der Waals surface area contributed by atoms with Gasteiger partial charge in [-0.05, 0) is 25.0 Å². The predicted octanol–water partition coefficient (Wildman–Crippen LogP) is 3.11. The van der Waals surface area contributed by atoms with Crippen LogP contribution in [0.4, 0.5) is 0 Å². The number of esters is 1. The summed E-state index contributed by atoms with van der Waals surface area (Å²) in [5, 5.41) is 0. The molecule has 2 aromatic carbocycles. The first-order valence-corrected chi connectivity index (χ1v) is 9.81. The highest BCUT2D eigenvalue weighted by Crippen LogP contribution is 2.20. The third kappa shape index (κ3) is 6.32. The Bertz CT molecular complexity index is 786. The highest BCUT2D eigenvalue weighted by Gasteiger charge is 2.23. The van der Waals surface area contributed by atoms with Crippen molar-refractivity contribution in [3.63, 3.8) is 0 Å². The first-order valence-electron chi connectivity index (χ1n) is 8.15. The van der Waals surface area contributed by atoms with E-state index in [2.05, 4.69) is 4.72 Å². The monoisotopic (exact) mass is 361 g/mol. The normalized spacial score (nSPS) is 12.6. The molecular weight excluding hydrogens is 338 g/mol. The summed E-state index contributed by atoms with van der Waals surface area (Å²) in [5.41, 5.74) is 2.48. The summed E-state index contributed by atoms with van der Waals surface area (Å²) in [6, 6.07) is 15.7. The van der Waals surface area contributed by atoms with Gasteiger partial charge in [-0.2, -0.15) is 0 Å². The maximum absolute atomic E-state index is 12.5. The van der Waals surface area contributed by atoms with Crippen molar-refractivity contribution in [1.29, 1.82) is 0 Å². The van der Waals surface area contributed by atoms with Gasteiger partial charge in [0.15, 0.2) is 0 Å². The zero-order valence-electron chi connectivity index (χ0n) is 14.4. The van der Waals surface area contributed by atoms with Crippen LogP contribution in [-0.2, 0) is 25.3 Å². The second kappa shape index (κ2) is 8.78. The van der Waals surface area contributed by atoms with E-state index in [4.69, 9.17) is 4.74 Å². The molecule has 0 amide bonds. The fourth-order valence-electron chi connectivity index (χ4n) is 2.46. The molecule has 0 saturated heterocycles. The molecular formula is C19H23NO4S. The lowest BCUT2D eigenvalue weighted by atomic mass is 10.0. The van der Waals surface area contributed by atoms with Crippen LogP contribution >= 0.6 is 0 Å². The van der Waals surface area contributed by atoms with E-state index in [1.54, 1.807) is 31.2 Å². The van der Waals surface area contributed by atoms with Crippen molar-refractivity contribution < 1.29 is 17.9 Å². The van der Waals surface area contributed by atoms with Crippen LogP contribution in [0.1, 0.15) is 36.1 Å². The summed E-state index contributed by atoms with van der Waals surface area (Å²) >= 11 is 0. The first-order chi connectivity index (χ1) is 11.9. The van der Waals surface area contributed by atoms with E-state index in [9.17, 15) is 13.2 Å². The van der Waals surface area contributed by atoms with Gasteiger partial charge in [0, 0.05) is 0 Å². The number of hydrogen-bond acceptors (Lipinski definition) is 4. The van der Waals surface area contributed by atoms with Crippen LogP contribution in [0.3, 0.4) is 0 Å². The molecule has 0 aliphatic carbocycles. The molecule has 0 spiro atoms. The Balaban J connectivity index is 2.19. The van der Waals surface area contributed by atoms with Crippen LogP contribution in [0, 0.1) is 6.92 Å². The molecule has 1 N–H and O–H groups in total. The van der Waals surface area contributed by atoms with Crippen LogP contribution in [-0.4, -0.2) is 21.0 Å². The lowest BCUT2D eigenvalue weighted by Crippen LogP contribution is -2.31. The molecule has 0 radical (unpaired) electrons. The zero-order chi connectivity index (χ0) is 18.3. The van der Waals surface area contributed by atoms with Crippen molar-refractivity contribution in [2.24, 2.45) is 0 Å². The average molecular weight is 361 g/mol. The number of nitrogens with one attached hydrogen (secondary N) is 1. The average Bonchev–Trinajstić information content (AvgIpc) is 2.55. The summed E-state index contributed by atoms with van der Waals surface area (Å²) in [6.45, 7) is 3.93. The van der Waals surface area contributed by atoms with Crippen molar-refractivity contribution in [2.75, 3.05) is 6.61 Å². The largest absolute Gasteiger partial charge is 0.466 e. The molecule has 0 aliphatic rings. The minimum absolute atomic E-state index is 0.0507. The van der Waals surface area contributed by atoms with Gasteiger partial charge in [0.25, 0.3) is 0 Å². The van der Waals surface area contributed by atoms with E-state index >= 15 is 0 Å². The Kier molecular flexibility index (Phi) is 6.73. The molecule has 1 atom stereocenters. The van der Waals surface area contributed by atoms with Gasteiger partial charge in [-0.3, -0.25) is 4.79 Å². The molecule has 0 aromatic heterocycles. The number of aryl methyl sites for hydroxylation is 1. The predicted molar refractivity (Wildman–Crippen MR) is 97.4 cm³/mol. The summed E-state index contributed by atoms with van der Waals surface area (Å²) < 4.78 is 32.7. The number of benzene rings is 2. The SMILES string of the molecule is CCOC(=O)CC(NS(=O)(=O)Cc1ccccc1)c1ccc(C)cc1. The highest BCUT2D eigenvalue weighted by molar-refractivity contribution is 7.88. The number of carbonyl (C=O) groups excluding carboxylic acids is 1. The standard InChI is InChI=1S/C19H23NO4S/c1-3-24-19(21)13-18(17-11-9-15(2)10-12-17)20-25(22,23)14-16-7-5-4-6-8-16/h4-12,18,20H,3,13-14H2,1-2H3. The first kappa shape index (κ1) is 19.1. The van der Waals surface area contributed by atoms with Gasteiger partial charge in [0.1, 0.15) is 0 Å². The molecule has 2 aromatic rings. The van der Waals surface area contributed by atoms with Gasteiger partial charge < -0.3 is 4.74 Å². The van der Waals surface area contributed by atoms with Crippen LogP contribution in [0.5, 0.6) is 0 Å². The van der Waals surface area contributed by atoms with E-state index in [1.165, 1.54) is 0 Å². The summed E-state index contributed by atoms with van der Waals surface area (Å²) in [7, 11) is -3.61. The molecule has 6 heteroatoms. The molecule has 0 aliphatic heterocycles. The van der Waals surface area contributed by atoms with Crippen molar-refractivity contribution in [3.05, 3.63) is 71.3 Å². The Morgan fingerprint density at radius 1 is 1.08 bits per heavy atom. The van der Waals surface area contributed by atoms with Gasteiger partial charge in [0.05, 0.1) is 24.8 Å². The van der Waals surface area contributed by atoms with Gasteiger partial charge in [-0.25, -0.2) is 13.1 Å². The van der Waals surface area contributed by atoms with Crippen molar-refractivity contribution in [2.45, 2.75) is 32.1 Å². The Morgan fingerprint density at radius 2 is 1.72 bits per heavy atom. The van der Waals surface area contributed by atoms with Crippen LogP contribution < -0.4 is 4.72 Å². The maximum atomic E-state index is 12.5. The van der Waals surface area contributed by atoms with Crippen LogP contribution in [0.2, 0.25) is 0 Å². The summed E-state index contributed by atoms with van der Waals surface area (Å²) in [4.78, 5) is 11.9. The minimum Gasteiger partial charge on any atom is -0.466 e. The quantitative estimate of drug-likeness (QED) is 0.733. The second-order valence-electron chi connectivity index (χ2n) is 5.83. The van der Waals surface area contributed by atoms with E-state index in [0.29, 0.717) is 5.56 Å². The Morgan fingerprint density at radius 3 is 2.32 bits per heavy atom. The lowest BCUT2D eigenvalue weighted by molar-refractivity contribution is -0.143. The fraction of sp³-hybridized carbons (Fsp3) is 0.316.